The Hall–Kier alpha value is -2.28. The van der Waals surface area contributed by atoms with E-state index in [1.165, 1.54) is 0 Å². The lowest BCUT2D eigenvalue weighted by Crippen LogP contribution is -2.42. The average molecular weight is 369 g/mol. The zero-order valence-electron chi connectivity index (χ0n) is 16.1. The maximum absolute atomic E-state index is 12.4. The van der Waals surface area contributed by atoms with Crippen molar-refractivity contribution in [3.05, 3.63) is 29.5 Å². The lowest BCUT2D eigenvalue weighted by Gasteiger charge is -2.32. The van der Waals surface area contributed by atoms with Crippen LogP contribution in [0.1, 0.15) is 48.8 Å². The van der Waals surface area contributed by atoms with E-state index in [4.69, 9.17) is 9.51 Å². The number of hydrogen-bond acceptors (Lipinski definition) is 6. The van der Waals surface area contributed by atoms with Gasteiger partial charge in [-0.3, -0.25) is 9.69 Å². The third kappa shape index (κ3) is 4.03. The summed E-state index contributed by atoms with van der Waals surface area (Å²) in [5.41, 5.74) is 2.84. The Balaban J connectivity index is 1.43. The summed E-state index contributed by atoms with van der Waals surface area (Å²) in [5, 5.41) is 4.00. The van der Waals surface area contributed by atoms with Crippen LogP contribution in [0.2, 0.25) is 0 Å². The molecule has 27 heavy (non-hydrogen) atoms. The Morgan fingerprint density at radius 2 is 1.93 bits per heavy atom. The molecule has 0 unspecified atom stereocenters. The average Bonchev–Trinajstić information content (AvgIpc) is 3.34. The molecular weight excluding hydrogens is 342 g/mol. The van der Waals surface area contributed by atoms with Crippen LogP contribution in [-0.4, -0.2) is 63.6 Å². The van der Waals surface area contributed by atoms with E-state index in [2.05, 4.69) is 15.0 Å². The SMILES string of the molecule is Cc1cc(-c2cnc(C)nc2C2CCN(CC(=O)N3CCCC3)CC2)on1. The maximum Gasteiger partial charge on any atom is 0.236 e. The van der Waals surface area contributed by atoms with Crippen LogP contribution in [0.25, 0.3) is 11.3 Å². The molecule has 2 aromatic rings. The zero-order chi connectivity index (χ0) is 18.8. The first-order valence-electron chi connectivity index (χ1n) is 9.87. The van der Waals surface area contributed by atoms with Crippen molar-refractivity contribution in [2.75, 3.05) is 32.7 Å². The number of carbonyl (C=O) groups is 1. The number of nitrogens with zero attached hydrogens (tertiary/aromatic N) is 5. The van der Waals surface area contributed by atoms with E-state index < -0.39 is 0 Å². The van der Waals surface area contributed by atoms with E-state index in [9.17, 15) is 4.79 Å². The Kier molecular flexibility index (Phi) is 5.20. The van der Waals surface area contributed by atoms with E-state index in [-0.39, 0.29) is 5.91 Å². The molecule has 0 aromatic carbocycles. The zero-order valence-corrected chi connectivity index (χ0v) is 16.1. The van der Waals surface area contributed by atoms with Crippen LogP contribution >= 0.6 is 0 Å². The molecule has 0 spiro atoms. The Morgan fingerprint density at radius 3 is 2.59 bits per heavy atom. The number of rotatable bonds is 4. The number of piperidine rings is 1. The molecular formula is C20H27N5O2. The molecule has 4 heterocycles. The summed E-state index contributed by atoms with van der Waals surface area (Å²) < 4.78 is 5.46. The molecule has 2 saturated heterocycles. The van der Waals surface area contributed by atoms with Gasteiger partial charge in [0.25, 0.3) is 0 Å². The van der Waals surface area contributed by atoms with Crippen molar-refractivity contribution in [2.45, 2.75) is 45.4 Å². The van der Waals surface area contributed by atoms with E-state index >= 15 is 0 Å². The number of aromatic nitrogens is 3. The van der Waals surface area contributed by atoms with Gasteiger partial charge in [0.1, 0.15) is 5.82 Å². The van der Waals surface area contributed by atoms with Gasteiger partial charge in [-0.05, 0) is 52.6 Å². The van der Waals surface area contributed by atoms with Crippen LogP contribution in [0.15, 0.2) is 16.8 Å². The predicted molar refractivity (Wildman–Crippen MR) is 101 cm³/mol. The highest BCUT2D eigenvalue weighted by molar-refractivity contribution is 5.78. The van der Waals surface area contributed by atoms with Gasteiger partial charge in [-0.15, -0.1) is 0 Å². The molecule has 7 nitrogen and oxygen atoms in total. The summed E-state index contributed by atoms with van der Waals surface area (Å²) in [5.74, 6) is 2.14. The highest BCUT2D eigenvalue weighted by Crippen LogP contribution is 2.34. The van der Waals surface area contributed by atoms with Crippen LogP contribution in [0, 0.1) is 13.8 Å². The molecule has 144 valence electrons. The highest BCUT2D eigenvalue weighted by atomic mass is 16.5. The Bertz CT molecular complexity index is 804. The summed E-state index contributed by atoms with van der Waals surface area (Å²) in [7, 11) is 0. The van der Waals surface area contributed by atoms with Crippen molar-refractivity contribution in [1.29, 1.82) is 0 Å². The fourth-order valence-electron chi connectivity index (χ4n) is 4.10. The van der Waals surface area contributed by atoms with Crippen LogP contribution in [-0.2, 0) is 4.79 Å². The van der Waals surface area contributed by atoms with Gasteiger partial charge in [0.2, 0.25) is 5.91 Å². The first-order valence-corrected chi connectivity index (χ1v) is 9.87. The quantitative estimate of drug-likeness (QED) is 0.824. The molecule has 2 fully saturated rings. The smallest absolute Gasteiger partial charge is 0.236 e. The number of amides is 1. The van der Waals surface area contributed by atoms with Crippen molar-refractivity contribution < 1.29 is 9.32 Å². The molecule has 2 aliphatic rings. The van der Waals surface area contributed by atoms with Gasteiger partial charge in [-0.2, -0.15) is 0 Å². The van der Waals surface area contributed by atoms with E-state index in [1.807, 2.05) is 31.0 Å². The minimum atomic E-state index is 0.279. The molecule has 7 heteroatoms. The van der Waals surface area contributed by atoms with Crippen LogP contribution in [0.4, 0.5) is 0 Å². The van der Waals surface area contributed by atoms with Gasteiger partial charge in [0.05, 0.1) is 23.5 Å². The first kappa shape index (κ1) is 18.1. The largest absolute Gasteiger partial charge is 0.356 e. The van der Waals surface area contributed by atoms with E-state index in [0.717, 1.165) is 80.4 Å². The van der Waals surface area contributed by atoms with Crippen molar-refractivity contribution in [3.63, 3.8) is 0 Å². The topological polar surface area (TPSA) is 75.4 Å². The van der Waals surface area contributed by atoms with Gasteiger partial charge in [0.15, 0.2) is 5.76 Å². The lowest BCUT2D eigenvalue weighted by atomic mass is 9.90. The van der Waals surface area contributed by atoms with Crippen molar-refractivity contribution in [2.24, 2.45) is 0 Å². The second-order valence-electron chi connectivity index (χ2n) is 7.69. The van der Waals surface area contributed by atoms with Crippen molar-refractivity contribution in [3.8, 4) is 11.3 Å². The summed E-state index contributed by atoms with van der Waals surface area (Å²) in [6, 6.07) is 1.93. The fourth-order valence-corrected chi connectivity index (χ4v) is 4.10. The molecule has 0 atom stereocenters. The highest BCUT2D eigenvalue weighted by Gasteiger charge is 2.28. The van der Waals surface area contributed by atoms with Gasteiger partial charge in [0, 0.05) is 31.3 Å². The van der Waals surface area contributed by atoms with Crippen LogP contribution < -0.4 is 0 Å². The molecule has 0 N–H and O–H groups in total. The molecule has 0 bridgehead atoms. The van der Waals surface area contributed by atoms with Gasteiger partial charge < -0.3 is 9.42 Å². The van der Waals surface area contributed by atoms with Crippen LogP contribution in [0.5, 0.6) is 0 Å². The maximum atomic E-state index is 12.4. The van der Waals surface area contributed by atoms with Crippen LogP contribution in [0.3, 0.4) is 0 Å². The molecule has 0 saturated carbocycles. The Morgan fingerprint density at radius 1 is 1.19 bits per heavy atom. The molecule has 0 radical (unpaired) electrons. The summed E-state index contributed by atoms with van der Waals surface area (Å²) in [6.07, 6.45) is 6.12. The monoisotopic (exact) mass is 369 g/mol. The summed E-state index contributed by atoms with van der Waals surface area (Å²) >= 11 is 0. The van der Waals surface area contributed by atoms with Crippen molar-refractivity contribution >= 4 is 5.91 Å². The molecule has 4 rings (SSSR count). The normalized spacial score (nSPS) is 19.0. The van der Waals surface area contributed by atoms with Gasteiger partial charge in [-0.1, -0.05) is 5.16 Å². The number of aryl methyl sites for hydroxylation is 2. The Labute approximate surface area is 159 Å². The minimum Gasteiger partial charge on any atom is -0.356 e. The number of likely N-dealkylation sites (tertiary alicyclic amines) is 2. The number of carbonyl (C=O) groups excluding carboxylic acids is 1. The van der Waals surface area contributed by atoms with Crippen molar-refractivity contribution in [1.82, 2.24) is 24.9 Å². The molecule has 0 aliphatic carbocycles. The van der Waals surface area contributed by atoms with E-state index in [1.54, 1.807) is 0 Å². The number of hydrogen-bond donors (Lipinski definition) is 0. The predicted octanol–water partition coefficient (Wildman–Crippen LogP) is 2.55. The first-order chi connectivity index (χ1) is 13.1. The standard InChI is InChI=1S/C20H27N5O2/c1-14-11-18(27-23-14)17-12-21-15(2)22-20(17)16-5-9-24(10-6-16)13-19(26)25-7-3-4-8-25/h11-12,16H,3-10,13H2,1-2H3. The fraction of sp³-hybridized carbons (Fsp3) is 0.600. The summed E-state index contributed by atoms with van der Waals surface area (Å²) in [4.78, 5) is 25.8. The summed E-state index contributed by atoms with van der Waals surface area (Å²) in [6.45, 7) is 8.07. The molecule has 2 aliphatic heterocycles. The second kappa shape index (κ2) is 7.76. The van der Waals surface area contributed by atoms with Gasteiger partial charge >= 0.3 is 0 Å². The second-order valence-corrected chi connectivity index (χ2v) is 7.69. The van der Waals surface area contributed by atoms with Gasteiger partial charge in [-0.25, -0.2) is 9.97 Å². The third-order valence-corrected chi connectivity index (χ3v) is 5.62. The third-order valence-electron chi connectivity index (χ3n) is 5.62. The minimum absolute atomic E-state index is 0.279. The molecule has 2 aromatic heterocycles. The molecule has 1 amide bonds. The van der Waals surface area contributed by atoms with E-state index in [0.29, 0.717) is 12.5 Å². The lowest BCUT2D eigenvalue weighted by molar-refractivity contribution is -0.131.